The van der Waals surface area contributed by atoms with Crippen molar-refractivity contribution in [2.45, 2.75) is 19.3 Å². The molecule has 1 aliphatic carbocycles. The molecule has 1 fully saturated rings. The average Bonchev–Trinajstić information content (AvgIpc) is 3.03. The number of carboxylic acids is 1. The number of carboxylic acid groups (broad SMARTS) is 1. The Kier molecular flexibility index (Phi) is 2.70. The summed E-state index contributed by atoms with van der Waals surface area (Å²) in [6, 6.07) is 5.80. The predicted molar refractivity (Wildman–Crippen MR) is 69.3 cm³/mol. The second-order valence-electron chi connectivity index (χ2n) is 4.40. The minimum Gasteiger partial charge on any atom is -0.494 e. The zero-order valence-corrected chi connectivity index (χ0v) is 10.7. The van der Waals surface area contributed by atoms with Crippen LogP contribution in [-0.4, -0.2) is 22.7 Å². The Morgan fingerprint density at radius 1 is 1.61 bits per heavy atom. The summed E-state index contributed by atoms with van der Waals surface area (Å²) < 4.78 is 6.51. The number of fused-ring (bicyclic) bond motifs is 1. The van der Waals surface area contributed by atoms with Crippen LogP contribution in [0.25, 0.3) is 10.2 Å². The van der Waals surface area contributed by atoms with Crippen molar-refractivity contribution >= 4 is 27.5 Å². The lowest BCUT2D eigenvalue weighted by atomic mass is 10.3. The van der Waals surface area contributed by atoms with Gasteiger partial charge < -0.3 is 9.84 Å². The predicted octanol–water partition coefficient (Wildman–Crippen LogP) is 2.88. The third-order valence-electron chi connectivity index (χ3n) is 3.11. The summed E-state index contributed by atoms with van der Waals surface area (Å²) in [4.78, 5) is 15.4. The van der Waals surface area contributed by atoms with E-state index in [1.54, 1.807) is 11.3 Å². The number of rotatable bonds is 4. The molecule has 2 aromatic rings. The quantitative estimate of drug-likeness (QED) is 0.921. The number of aliphatic carboxylic acids is 1. The molecule has 5 heteroatoms. The Hall–Kier alpha value is -1.62. The number of hydrogen-bond acceptors (Lipinski definition) is 4. The van der Waals surface area contributed by atoms with Crippen LogP contribution in [0.15, 0.2) is 18.2 Å². The highest BCUT2D eigenvalue weighted by molar-refractivity contribution is 7.18. The standard InChI is InChI=1S/C13H13NO3S/c1-2-17-7-3-4-10-11(5-7)18-12(14-10)8-6-9(8)13(15)16/h3-5,8-9H,2,6H2,1H3,(H,15,16). The fourth-order valence-corrected chi connectivity index (χ4v) is 3.25. The van der Waals surface area contributed by atoms with Gasteiger partial charge in [0, 0.05) is 5.92 Å². The molecule has 0 saturated heterocycles. The number of benzene rings is 1. The molecule has 18 heavy (non-hydrogen) atoms. The van der Waals surface area contributed by atoms with Gasteiger partial charge in [-0.15, -0.1) is 11.3 Å². The normalized spacial score (nSPS) is 22.1. The molecule has 2 unspecified atom stereocenters. The molecule has 1 saturated carbocycles. The summed E-state index contributed by atoms with van der Waals surface area (Å²) >= 11 is 1.57. The lowest BCUT2D eigenvalue weighted by Crippen LogP contribution is -1.98. The first-order valence-corrected chi connectivity index (χ1v) is 6.76. The third kappa shape index (κ3) is 1.95. The highest BCUT2D eigenvalue weighted by atomic mass is 32.1. The van der Waals surface area contributed by atoms with Crippen LogP contribution in [0.2, 0.25) is 0 Å². The molecule has 0 radical (unpaired) electrons. The second-order valence-corrected chi connectivity index (χ2v) is 5.46. The van der Waals surface area contributed by atoms with Crippen LogP contribution in [0.5, 0.6) is 5.75 Å². The first kappa shape index (κ1) is 11.5. The van der Waals surface area contributed by atoms with Crippen LogP contribution < -0.4 is 4.74 Å². The molecule has 2 atom stereocenters. The van der Waals surface area contributed by atoms with Crippen molar-refractivity contribution in [2.75, 3.05) is 6.61 Å². The van der Waals surface area contributed by atoms with Crippen molar-refractivity contribution < 1.29 is 14.6 Å². The van der Waals surface area contributed by atoms with Crippen molar-refractivity contribution in [3.05, 3.63) is 23.2 Å². The van der Waals surface area contributed by atoms with E-state index in [1.807, 2.05) is 25.1 Å². The minimum absolute atomic E-state index is 0.107. The van der Waals surface area contributed by atoms with Crippen molar-refractivity contribution in [1.29, 1.82) is 0 Å². The largest absolute Gasteiger partial charge is 0.494 e. The van der Waals surface area contributed by atoms with Gasteiger partial charge in [-0.05, 0) is 31.5 Å². The van der Waals surface area contributed by atoms with Gasteiger partial charge in [0.15, 0.2) is 0 Å². The van der Waals surface area contributed by atoms with Gasteiger partial charge in [0.25, 0.3) is 0 Å². The summed E-state index contributed by atoms with van der Waals surface area (Å²) in [6.45, 7) is 2.59. The molecule has 0 spiro atoms. The topological polar surface area (TPSA) is 59.4 Å². The third-order valence-corrected chi connectivity index (χ3v) is 4.26. The highest BCUT2D eigenvalue weighted by Gasteiger charge is 2.46. The zero-order valence-electron chi connectivity index (χ0n) is 9.92. The van der Waals surface area contributed by atoms with E-state index in [1.165, 1.54) is 0 Å². The molecule has 0 aliphatic heterocycles. The Bertz CT molecular complexity index is 607. The summed E-state index contributed by atoms with van der Waals surface area (Å²) in [5.74, 6) is -0.00703. The molecule has 1 N–H and O–H groups in total. The van der Waals surface area contributed by atoms with Gasteiger partial charge >= 0.3 is 5.97 Å². The van der Waals surface area contributed by atoms with Gasteiger partial charge in [0.2, 0.25) is 0 Å². The van der Waals surface area contributed by atoms with Gasteiger partial charge in [-0.3, -0.25) is 4.79 Å². The maximum atomic E-state index is 10.9. The van der Waals surface area contributed by atoms with E-state index in [-0.39, 0.29) is 11.8 Å². The molecule has 94 valence electrons. The average molecular weight is 263 g/mol. The molecular weight excluding hydrogens is 250 g/mol. The fourth-order valence-electron chi connectivity index (χ4n) is 2.08. The molecule has 0 bridgehead atoms. The van der Waals surface area contributed by atoms with E-state index in [0.29, 0.717) is 13.0 Å². The van der Waals surface area contributed by atoms with Crippen LogP contribution >= 0.6 is 11.3 Å². The van der Waals surface area contributed by atoms with Crippen molar-refractivity contribution in [2.24, 2.45) is 5.92 Å². The number of nitrogens with zero attached hydrogens (tertiary/aromatic N) is 1. The van der Waals surface area contributed by atoms with Crippen molar-refractivity contribution in [3.8, 4) is 5.75 Å². The summed E-state index contributed by atoms with van der Waals surface area (Å²) in [5.41, 5.74) is 0.925. The van der Waals surface area contributed by atoms with E-state index < -0.39 is 5.97 Å². The van der Waals surface area contributed by atoms with Crippen LogP contribution in [0, 0.1) is 5.92 Å². The molecule has 3 rings (SSSR count). The van der Waals surface area contributed by atoms with Crippen LogP contribution in [0.3, 0.4) is 0 Å². The van der Waals surface area contributed by atoms with Crippen LogP contribution in [-0.2, 0) is 4.79 Å². The van der Waals surface area contributed by atoms with E-state index in [4.69, 9.17) is 9.84 Å². The summed E-state index contributed by atoms with van der Waals surface area (Å²) in [6.07, 6.45) is 0.716. The molecule has 1 heterocycles. The molecule has 1 aromatic carbocycles. The maximum absolute atomic E-state index is 10.9. The van der Waals surface area contributed by atoms with Gasteiger partial charge in [-0.25, -0.2) is 4.98 Å². The number of ether oxygens (including phenoxy) is 1. The molecule has 1 aromatic heterocycles. The second kappa shape index (κ2) is 4.24. The Morgan fingerprint density at radius 2 is 2.44 bits per heavy atom. The molecule has 1 aliphatic rings. The van der Waals surface area contributed by atoms with Gasteiger partial charge in [-0.2, -0.15) is 0 Å². The van der Waals surface area contributed by atoms with Gasteiger partial charge in [0.1, 0.15) is 5.75 Å². The Balaban J connectivity index is 1.90. The smallest absolute Gasteiger partial charge is 0.307 e. The van der Waals surface area contributed by atoms with Crippen molar-refractivity contribution in [3.63, 3.8) is 0 Å². The lowest BCUT2D eigenvalue weighted by molar-refractivity contribution is -0.138. The summed E-state index contributed by atoms with van der Waals surface area (Å²) in [5, 5.41) is 9.87. The van der Waals surface area contributed by atoms with Gasteiger partial charge in [0.05, 0.1) is 27.7 Å². The Morgan fingerprint density at radius 3 is 3.11 bits per heavy atom. The Labute approximate surface area is 108 Å². The van der Waals surface area contributed by atoms with Crippen molar-refractivity contribution in [1.82, 2.24) is 4.98 Å². The molecular formula is C13H13NO3S. The molecule has 0 amide bonds. The number of thiazole rings is 1. The first-order chi connectivity index (χ1) is 8.69. The zero-order chi connectivity index (χ0) is 12.7. The first-order valence-electron chi connectivity index (χ1n) is 5.95. The van der Waals surface area contributed by atoms with E-state index in [0.717, 1.165) is 21.0 Å². The van der Waals surface area contributed by atoms with E-state index in [2.05, 4.69) is 4.98 Å². The monoisotopic (exact) mass is 263 g/mol. The number of hydrogen-bond donors (Lipinski definition) is 1. The number of carbonyl (C=O) groups is 1. The lowest BCUT2D eigenvalue weighted by Gasteiger charge is -2.00. The SMILES string of the molecule is CCOc1ccc2nc(C3CC3C(=O)O)sc2c1. The number of aromatic nitrogens is 1. The van der Waals surface area contributed by atoms with Crippen LogP contribution in [0.4, 0.5) is 0 Å². The van der Waals surface area contributed by atoms with E-state index >= 15 is 0 Å². The molecule has 4 nitrogen and oxygen atoms in total. The maximum Gasteiger partial charge on any atom is 0.307 e. The minimum atomic E-state index is -0.714. The van der Waals surface area contributed by atoms with Crippen LogP contribution in [0.1, 0.15) is 24.3 Å². The summed E-state index contributed by atoms with van der Waals surface area (Å²) in [7, 11) is 0. The highest BCUT2D eigenvalue weighted by Crippen LogP contribution is 2.49. The fraction of sp³-hybridized carbons (Fsp3) is 0.385. The van der Waals surface area contributed by atoms with E-state index in [9.17, 15) is 4.79 Å². The van der Waals surface area contributed by atoms with Gasteiger partial charge in [-0.1, -0.05) is 0 Å².